The van der Waals surface area contributed by atoms with Crippen LogP contribution in [0.15, 0.2) is 35.8 Å². The van der Waals surface area contributed by atoms with Crippen LogP contribution in [0.3, 0.4) is 0 Å². The third-order valence-corrected chi connectivity index (χ3v) is 2.52. The predicted molar refractivity (Wildman–Crippen MR) is 68.5 cm³/mol. The second kappa shape index (κ2) is 5.39. The molecule has 0 bridgehead atoms. The molecule has 0 radical (unpaired) electrons. The lowest BCUT2D eigenvalue weighted by molar-refractivity contribution is 0.636. The first kappa shape index (κ1) is 13.1. The largest absolute Gasteiger partial charge is 0.342 e. The zero-order chi connectivity index (χ0) is 13.0. The highest BCUT2D eigenvalue weighted by molar-refractivity contribution is 5.86. The maximum atomic E-state index is 13.5. The molecular weight excluding hydrogens is 222 g/mol. The molecule has 17 heavy (non-hydrogen) atoms. The second-order valence-electron chi connectivity index (χ2n) is 3.37. The smallest absolute Gasteiger partial charge is 0.132 e. The highest BCUT2D eigenvalue weighted by Gasteiger charge is 2.10. The normalized spacial score (nSPS) is 9.65. The first-order valence-corrected chi connectivity index (χ1v) is 4.93. The van der Waals surface area contributed by atoms with Crippen molar-refractivity contribution in [3.05, 3.63) is 42.4 Å². The van der Waals surface area contributed by atoms with Crippen molar-refractivity contribution in [1.82, 2.24) is 4.57 Å². The van der Waals surface area contributed by atoms with Crippen LogP contribution in [0.5, 0.6) is 0 Å². The van der Waals surface area contributed by atoms with Gasteiger partial charge in [0, 0.05) is 12.4 Å². The number of halogens is 2. The summed E-state index contributed by atoms with van der Waals surface area (Å²) in [4.78, 5) is 3.76. The SMILES string of the molecule is C=NC(=C)c1cc2c(F)cccc2n1C.CF. The molecule has 1 aromatic carbocycles. The zero-order valence-electron chi connectivity index (χ0n) is 9.87. The minimum atomic E-state index is -0.230. The topological polar surface area (TPSA) is 17.3 Å². The van der Waals surface area contributed by atoms with Crippen LogP contribution in [-0.4, -0.2) is 18.5 Å². The third-order valence-electron chi connectivity index (χ3n) is 2.52. The number of nitrogens with zero attached hydrogens (tertiary/aromatic N) is 2. The van der Waals surface area contributed by atoms with Gasteiger partial charge in [-0.2, -0.15) is 0 Å². The van der Waals surface area contributed by atoms with Crippen molar-refractivity contribution < 1.29 is 8.78 Å². The molecule has 0 aliphatic carbocycles. The number of fused-ring (bicyclic) bond motifs is 1. The molecule has 0 amide bonds. The van der Waals surface area contributed by atoms with E-state index in [1.54, 1.807) is 12.1 Å². The Labute approximate surface area is 98.9 Å². The van der Waals surface area contributed by atoms with Gasteiger partial charge < -0.3 is 4.57 Å². The Kier molecular flexibility index (Phi) is 4.15. The predicted octanol–water partition coefficient (Wildman–Crippen LogP) is 3.57. The van der Waals surface area contributed by atoms with Gasteiger partial charge in [0.25, 0.3) is 0 Å². The summed E-state index contributed by atoms with van der Waals surface area (Å²) in [6.45, 7) is 7.17. The number of benzene rings is 1. The molecule has 90 valence electrons. The number of alkyl halides is 1. The highest BCUT2D eigenvalue weighted by Crippen LogP contribution is 2.25. The average molecular weight is 236 g/mol. The molecule has 0 saturated carbocycles. The van der Waals surface area contributed by atoms with E-state index in [2.05, 4.69) is 18.3 Å². The van der Waals surface area contributed by atoms with E-state index in [9.17, 15) is 8.78 Å². The highest BCUT2D eigenvalue weighted by atomic mass is 19.1. The van der Waals surface area contributed by atoms with E-state index in [1.165, 1.54) is 6.07 Å². The lowest BCUT2D eigenvalue weighted by atomic mass is 10.2. The van der Waals surface area contributed by atoms with Crippen LogP contribution in [-0.2, 0) is 7.05 Å². The molecule has 4 heteroatoms. The zero-order valence-corrected chi connectivity index (χ0v) is 9.87. The monoisotopic (exact) mass is 236 g/mol. The fraction of sp³-hybridized carbons (Fsp3) is 0.154. The van der Waals surface area contributed by atoms with Gasteiger partial charge in [-0.1, -0.05) is 12.6 Å². The first-order chi connectivity index (χ1) is 8.15. The van der Waals surface area contributed by atoms with E-state index in [1.807, 2.05) is 17.7 Å². The van der Waals surface area contributed by atoms with Gasteiger partial charge >= 0.3 is 0 Å². The Morgan fingerprint density at radius 2 is 2.00 bits per heavy atom. The minimum Gasteiger partial charge on any atom is -0.342 e. The number of rotatable bonds is 2. The molecule has 2 rings (SSSR count). The molecule has 1 heterocycles. The molecular formula is C13H14F2N2. The number of hydrogen-bond acceptors (Lipinski definition) is 1. The summed E-state index contributed by atoms with van der Waals surface area (Å²) in [7, 11) is 2.35. The van der Waals surface area contributed by atoms with E-state index in [4.69, 9.17) is 0 Å². The van der Waals surface area contributed by atoms with Crippen molar-refractivity contribution in [2.75, 3.05) is 7.18 Å². The molecule has 1 aromatic heterocycles. The fourth-order valence-corrected chi connectivity index (χ4v) is 1.68. The van der Waals surface area contributed by atoms with Crippen LogP contribution in [0, 0.1) is 5.82 Å². The molecule has 0 saturated heterocycles. The molecule has 0 aliphatic rings. The van der Waals surface area contributed by atoms with E-state index >= 15 is 0 Å². The summed E-state index contributed by atoms with van der Waals surface area (Å²) in [5, 5.41) is 0.583. The Hall–Kier alpha value is -1.97. The lowest BCUT2D eigenvalue weighted by Crippen LogP contribution is -1.92. The minimum absolute atomic E-state index is 0.230. The van der Waals surface area contributed by atoms with Crippen molar-refractivity contribution in [3.63, 3.8) is 0 Å². The van der Waals surface area contributed by atoms with E-state index < -0.39 is 0 Å². The van der Waals surface area contributed by atoms with Crippen molar-refractivity contribution in [1.29, 1.82) is 0 Å². The Morgan fingerprint density at radius 3 is 2.53 bits per heavy atom. The fourth-order valence-electron chi connectivity index (χ4n) is 1.68. The second-order valence-corrected chi connectivity index (χ2v) is 3.37. The van der Waals surface area contributed by atoms with Crippen LogP contribution < -0.4 is 0 Å². The van der Waals surface area contributed by atoms with Crippen LogP contribution >= 0.6 is 0 Å². The van der Waals surface area contributed by atoms with Gasteiger partial charge in [-0.3, -0.25) is 9.38 Å². The summed E-state index contributed by atoms with van der Waals surface area (Å²) >= 11 is 0. The molecule has 2 nitrogen and oxygen atoms in total. The summed E-state index contributed by atoms with van der Waals surface area (Å²) in [6, 6.07) is 6.72. The van der Waals surface area contributed by atoms with Gasteiger partial charge in [0.2, 0.25) is 0 Å². The molecule has 0 aliphatic heterocycles. The van der Waals surface area contributed by atoms with Crippen molar-refractivity contribution in [2.45, 2.75) is 0 Å². The number of aromatic nitrogens is 1. The maximum Gasteiger partial charge on any atom is 0.132 e. The Bertz CT molecular complexity index is 556. The van der Waals surface area contributed by atoms with Gasteiger partial charge in [0.15, 0.2) is 0 Å². The number of aryl methyl sites for hydroxylation is 1. The maximum absolute atomic E-state index is 13.5. The van der Waals surface area contributed by atoms with Crippen molar-refractivity contribution in [3.8, 4) is 0 Å². The Balaban J connectivity index is 0.000000686. The Morgan fingerprint density at radius 1 is 1.35 bits per heavy atom. The van der Waals surface area contributed by atoms with Gasteiger partial charge in [0.05, 0.1) is 24.1 Å². The van der Waals surface area contributed by atoms with Gasteiger partial charge in [0.1, 0.15) is 5.82 Å². The van der Waals surface area contributed by atoms with Crippen LogP contribution in [0.1, 0.15) is 5.69 Å². The van der Waals surface area contributed by atoms with E-state index in [0.717, 1.165) is 11.2 Å². The van der Waals surface area contributed by atoms with Crippen LogP contribution in [0.25, 0.3) is 16.6 Å². The molecule has 0 atom stereocenters. The molecule has 0 spiro atoms. The summed E-state index contributed by atoms with van der Waals surface area (Å²) in [5.74, 6) is -0.230. The van der Waals surface area contributed by atoms with Gasteiger partial charge in [-0.25, -0.2) is 4.39 Å². The average Bonchev–Trinajstić information content (AvgIpc) is 2.70. The van der Waals surface area contributed by atoms with Crippen LogP contribution in [0.4, 0.5) is 8.78 Å². The summed E-state index contributed by atoms with van der Waals surface area (Å²) < 4.78 is 24.8. The molecule has 0 fully saturated rings. The van der Waals surface area contributed by atoms with Crippen molar-refractivity contribution >= 4 is 23.3 Å². The summed E-state index contributed by atoms with van der Waals surface area (Å²) in [6.07, 6.45) is 0. The standard InChI is InChI=1S/C12H11FN2.CH3F/c1-8(14-2)12-7-9-10(13)5-4-6-11(9)15(12)3;1-2/h4-7H,1-2H2,3H3;1H3. The molecule has 2 aromatic rings. The number of aliphatic imine (C=N–C) groups is 1. The molecule has 0 N–H and O–H groups in total. The third kappa shape index (κ3) is 2.25. The van der Waals surface area contributed by atoms with E-state index in [-0.39, 0.29) is 5.82 Å². The lowest BCUT2D eigenvalue weighted by Gasteiger charge is -2.02. The van der Waals surface area contributed by atoms with Gasteiger partial charge in [-0.05, 0) is 24.9 Å². The number of hydrogen-bond donors (Lipinski definition) is 0. The van der Waals surface area contributed by atoms with Crippen molar-refractivity contribution in [2.24, 2.45) is 12.0 Å². The quantitative estimate of drug-likeness (QED) is 0.709. The first-order valence-electron chi connectivity index (χ1n) is 4.93. The summed E-state index contributed by atoms with van der Waals surface area (Å²) in [5.41, 5.74) is 2.16. The molecule has 0 unspecified atom stereocenters. The van der Waals surface area contributed by atoms with Gasteiger partial charge in [-0.15, -0.1) is 0 Å². The van der Waals surface area contributed by atoms with Crippen LogP contribution in [0.2, 0.25) is 0 Å². The van der Waals surface area contributed by atoms with E-state index in [0.29, 0.717) is 18.3 Å².